The van der Waals surface area contributed by atoms with Gasteiger partial charge in [-0.25, -0.2) is 4.79 Å². The third-order valence-corrected chi connectivity index (χ3v) is 4.45. The second-order valence-electron chi connectivity index (χ2n) is 7.14. The molecule has 8 nitrogen and oxygen atoms in total. The lowest BCUT2D eigenvalue weighted by atomic mass is 10.1. The Morgan fingerprint density at radius 2 is 1.41 bits per heavy atom. The number of amides is 3. The van der Waals surface area contributed by atoms with Crippen LogP contribution >= 0.6 is 0 Å². The fourth-order valence-electron chi connectivity index (χ4n) is 2.96. The maximum Gasteiger partial charge on any atom is 0.355 e. The van der Waals surface area contributed by atoms with Crippen molar-refractivity contribution in [3.05, 3.63) is 102 Å². The molecule has 0 unspecified atom stereocenters. The van der Waals surface area contributed by atoms with Gasteiger partial charge in [0, 0.05) is 12.6 Å². The Morgan fingerprint density at radius 3 is 2.09 bits per heavy atom. The highest BCUT2D eigenvalue weighted by molar-refractivity contribution is 6.10. The van der Waals surface area contributed by atoms with Crippen molar-refractivity contribution in [1.29, 1.82) is 0 Å². The molecule has 0 aliphatic carbocycles. The van der Waals surface area contributed by atoms with Crippen LogP contribution < -0.4 is 16.0 Å². The third kappa shape index (κ3) is 7.16. The zero-order chi connectivity index (χ0) is 24.3. The molecule has 0 radical (unpaired) electrons. The maximum atomic E-state index is 12.7. The van der Waals surface area contributed by atoms with Crippen molar-refractivity contribution in [1.82, 2.24) is 5.32 Å². The Balaban J connectivity index is 1.64. The van der Waals surface area contributed by atoms with E-state index in [1.807, 2.05) is 12.1 Å². The van der Waals surface area contributed by atoms with Crippen LogP contribution in [-0.4, -0.2) is 30.3 Å². The predicted molar refractivity (Wildman–Crippen MR) is 129 cm³/mol. The van der Waals surface area contributed by atoms with E-state index in [0.29, 0.717) is 11.3 Å². The average molecular weight is 457 g/mol. The zero-order valence-corrected chi connectivity index (χ0v) is 18.4. The van der Waals surface area contributed by atoms with Gasteiger partial charge >= 0.3 is 5.97 Å². The second kappa shape index (κ2) is 11.8. The molecule has 0 aliphatic heterocycles. The fourth-order valence-corrected chi connectivity index (χ4v) is 2.96. The SMILES string of the molecule is CC(=O)N/C(=C\c1ccccc1)C(=O)OCC(=O)Nc1ccccc1C(=O)Nc1ccccc1. The molecule has 0 spiro atoms. The molecule has 34 heavy (non-hydrogen) atoms. The van der Waals surface area contributed by atoms with E-state index in [9.17, 15) is 19.2 Å². The summed E-state index contributed by atoms with van der Waals surface area (Å²) < 4.78 is 5.07. The van der Waals surface area contributed by atoms with Crippen LogP contribution in [0.3, 0.4) is 0 Å². The van der Waals surface area contributed by atoms with E-state index in [-0.39, 0.29) is 16.9 Å². The molecule has 3 rings (SSSR count). The largest absolute Gasteiger partial charge is 0.451 e. The fraction of sp³-hybridized carbons (Fsp3) is 0.0769. The highest BCUT2D eigenvalue weighted by Gasteiger charge is 2.17. The zero-order valence-electron chi connectivity index (χ0n) is 18.4. The van der Waals surface area contributed by atoms with Crippen LogP contribution in [0.1, 0.15) is 22.8 Å². The molecule has 172 valence electrons. The van der Waals surface area contributed by atoms with Crippen LogP contribution in [0.5, 0.6) is 0 Å². The number of hydrogen-bond donors (Lipinski definition) is 3. The number of rotatable bonds is 8. The standard InChI is InChI=1S/C26H23N3O5/c1-18(30)27-23(16-19-10-4-2-5-11-19)26(33)34-17-24(31)29-22-15-9-8-14-21(22)25(32)28-20-12-6-3-7-13-20/h2-16H,17H2,1H3,(H,27,30)(H,28,32)(H,29,31)/b23-16-. The van der Waals surface area contributed by atoms with Crippen LogP contribution in [0.25, 0.3) is 6.08 Å². The van der Waals surface area contributed by atoms with Crippen molar-refractivity contribution in [3.8, 4) is 0 Å². The van der Waals surface area contributed by atoms with Crippen molar-refractivity contribution in [2.24, 2.45) is 0 Å². The number of carbonyl (C=O) groups excluding carboxylic acids is 4. The van der Waals surface area contributed by atoms with Gasteiger partial charge in [-0.2, -0.15) is 0 Å². The first-order chi connectivity index (χ1) is 16.4. The summed E-state index contributed by atoms with van der Waals surface area (Å²) in [5.41, 5.74) is 1.69. The number of nitrogens with one attached hydrogen (secondary N) is 3. The minimum absolute atomic E-state index is 0.103. The molecule has 0 fully saturated rings. The molecular weight excluding hydrogens is 434 g/mol. The maximum absolute atomic E-state index is 12.7. The van der Waals surface area contributed by atoms with E-state index in [0.717, 1.165) is 0 Å². The first-order valence-electron chi connectivity index (χ1n) is 10.4. The van der Waals surface area contributed by atoms with Gasteiger partial charge in [0.15, 0.2) is 6.61 Å². The van der Waals surface area contributed by atoms with Crippen LogP contribution in [0, 0.1) is 0 Å². The summed E-state index contributed by atoms with van der Waals surface area (Å²) in [5, 5.41) is 7.75. The molecule has 0 aromatic heterocycles. The van der Waals surface area contributed by atoms with Crippen LogP contribution in [0.2, 0.25) is 0 Å². The number of ether oxygens (including phenoxy) is 1. The van der Waals surface area contributed by atoms with Crippen LogP contribution in [-0.2, 0) is 19.1 Å². The first-order valence-corrected chi connectivity index (χ1v) is 10.4. The lowest BCUT2D eigenvalue weighted by Gasteiger charge is -2.12. The minimum Gasteiger partial charge on any atom is -0.451 e. The van der Waals surface area contributed by atoms with Crippen molar-refractivity contribution in [2.45, 2.75) is 6.92 Å². The number of para-hydroxylation sites is 2. The predicted octanol–water partition coefficient (Wildman–Crippen LogP) is 3.60. The van der Waals surface area contributed by atoms with Gasteiger partial charge in [0.1, 0.15) is 5.70 Å². The quantitative estimate of drug-likeness (QED) is 0.353. The highest BCUT2D eigenvalue weighted by atomic mass is 16.5. The molecule has 0 aliphatic rings. The van der Waals surface area contributed by atoms with Gasteiger partial charge in [0.25, 0.3) is 11.8 Å². The van der Waals surface area contributed by atoms with E-state index in [2.05, 4.69) is 16.0 Å². The summed E-state index contributed by atoms with van der Waals surface area (Å²) >= 11 is 0. The Hall–Kier alpha value is -4.72. The van der Waals surface area contributed by atoms with E-state index in [1.165, 1.54) is 13.0 Å². The monoisotopic (exact) mass is 457 g/mol. The summed E-state index contributed by atoms with van der Waals surface area (Å²) in [6.45, 7) is 0.648. The van der Waals surface area contributed by atoms with E-state index < -0.39 is 30.3 Å². The van der Waals surface area contributed by atoms with Gasteiger partial charge in [-0.1, -0.05) is 60.7 Å². The Kier molecular flexibility index (Phi) is 8.29. The average Bonchev–Trinajstić information content (AvgIpc) is 2.83. The summed E-state index contributed by atoms with van der Waals surface area (Å²) in [7, 11) is 0. The van der Waals surface area contributed by atoms with E-state index in [4.69, 9.17) is 4.74 Å². The summed E-state index contributed by atoms with van der Waals surface area (Å²) in [6.07, 6.45) is 1.45. The van der Waals surface area contributed by atoms with Crippen molar-refractivity contribution < 1.29 is 23.9 Å². The molecule has 0 heterocycles. The van der Waals surface area contributed by atoms with Crippen molar-refractivity contribution in [2.75, 3.05) is 17.2 Å². The minimum atomic E-state index is -0.871. The van der Waals surface area contributed by atoms with Gasteiger partial charge < -0.3 is 20.7 Å². The normalized spacial score (nSPS) is 10.7. The highest BCUT2D eigenvalue weighted by Crippen LogP contribution is 2.17. The van der Waals surface area contributed by atoms with E-state index >= 15 is 0 Å². The van der Waals surface area contributed by atoms with E-state index in [1.54, 1.807) is 72.8 Å². The smallest absolute Gasteiger partial charge is 0.355 e. The third-order valence-electron chi connectivity index (χ3n) is 4.45. The molecule has 0 saturated carbocycles. The van der Waals surface area contributed by atoms with Gasteiger partial charge in [0.05, 0.1) is 11.3 Å². The van der Waals surface area contributed by atoms with Crippen molar-refractivity contribution in [3.63, 3.8) is 0 Å². The number of hydrogen-bond acceptors (Lipinski definition) is 5. The van der Waals surface area contributed by atoms with Crippen LogP contribution in [0.4, 0.5) is 11.4 Å². The summed E-state index contributed by atoms with van der Waals surface area (Å²) in [5.74, 6) is -2.38. The topological polar surface area (TPSA) is 114 Å². The molecule has 3 aromatic rings. The number of carbonyl (C=O) groups is 4. The molecule has 0 atom stereocenters. The van der Waals surface area contributed by atoms with Gasteiger partial charge in [-0.15, -0.1) is 0 Å². The molecule has 8 heteroatoms. The van der Waals surface area contributed by atoms with Gasteiger partial charge in [-0.05, 0) is 35.9 Å². The number of benzene rings is 3. The molecular formula is C26H23N3O5. The summed E-state index contributed by atoms with van der Waals surface area (Å²) in [6, 6.07) is 24.2. The second-order valence-corrected chi connectivity index (χ2v) is 7.14. The molecule has 3 amide bonds. The Labute approximate surface area is 196 Å². The lowest BCUT2D eigenvalue weighted by molar-refractivity contribution is -0.144. The molecule has 0 saturated heterocycles. The Morgan fingerprint density at radius 1 is 0.794 bits per heavy atom. The lowest BCUT2D eigenvalue weighted by Crippen LogP contribution is -2.29. The molecule has 3 N–H and O–H groups in total. The van der Waals surface area contributed by atoms with Gasteiger partial charge in [-0.3, -0.25) is 14.4 Å². The van der Waals surface area contributed by atoms with Crippen molar-refractivity contribution >= 4 is 41.1 Å². The summed E-state index contributed by atoms with van der Waals surface area (Å²) in [4.78, 5) is 49.0. The first kappa shape index (κ1) is 23.9. The van der Waals surface area contributed by atoms with Crippen LogP contribution in [0.15, 0.2) is 90.6 Å². The molecule has 0 bridgehead atoms. The number of esters is 1. The number of anilines is 2. The molecule has 3 aromatic carbocycles. The van der Waals surface area contributed by atoms with Gasteiger partial charge in [0.2, 0.25) is 5.91 Å². The Bertz CT molecular complexity index is 1210.